The number of rotatable bonds is 3. The highest BCUT2D eigenvalue weighted by molar-refractivity contribution is 7.91. The fourth-order valence-electron chi connectivity index (χ4n) is 3.39. The first-order valence-corrected chi connectivity index (χ1v) is 9.31. The van der Waals surface area contributed by atoms with Gasteiger partial charge >= 0.3 is 0 Å². The van der Waals surface area contributed by atoms with Crippen molar-refractivity contribution in [2.75, 3.05) is 12.9 Å². The van der Waals surface area contributed by atoms with Crippen LogP contribution in [0.5, 0.6) is 0 Å². The van der Waals surface area contributed by atoms with Crippen molar-refractivity contribution < 1.29 is 13.2 Å². The predicted molar refractivity (Wildman–Crippen MR) is 77.1 cm³/mol. The molecule has 0 aromatic carbocycles. The number of nitrogens with one attached hydrogen (secondary N) is 1. The summed E-state index contributed by atoms with van der Waals surface area (Å²) in [4.78, 5) is 0. The van der Waals surface area contributed by atoms with Crippen LogP contribution in [0.25, 0.3) is 0 Å². The van der Waals surface area contributed by atoms with Gasteiger partial charge < -0.3 is 10.1 Å². The molecular weight excluding hydrogens is 262 g/mol. The molecule has 0 radical (unpaired) electrons. The molecule has 0 aromatic rings. The Hall–Kier alpha value is -0.130. The smallest absolute Gasteiger partial charge is 0.150 e. The maximum absolute atomic E-state index is 11.7. The fourth-order valence-corrected chi connectivity index (χ4v) is 4.57. The summed E-state index contributed by atoms with van der Waals surface area (Å²) in [7, 11) is -2.89. The van der Waals surface area contributed by atoms with E-state index in [1.165, 1.54) is 6.26 Å². The lowest BCUT2D eigenvalue weighted by Crippen LogP contribution is -2.49. The summed E-state index contributed by atoms with van der Waals surface area (Å²) in [5.74, 6) is 0. The molecule has 2 aliphatic rings. The van der Waals surface area contributed by atoms with Gasteiger partial charge in [0.2, 0.25) is 0 Å². The fraction of sp³-hybridized carbons (Fsp3) is 1.00. The molecule has 1 N–H and O–H groups in total. The van der Waals surface area contributed by atoms with E-state index in [1.807, 2.05) is 0 Å². The molecule has 4 nitrogen and oxygen atoms in total. The first kappa shape index (κ1) is 15.3. The Kier molecular flexibility index (Phi) is 4.58. The summed E-state index contributed by atoms with van der Waals surface area (Å²) in [6.45, 7) is 5.05. The third-order valence-electron chi connectivity index (χ3n) is 4.40. The summed E-state index contributed by atoms with van der Waals surface area (Å²) in [5, 5.41) is 3.52. The SMILES string of the molecule is CC1(C)CC(NC2CCCC(S(C)(=O)=O)C2)CCO1. The maximum Gasteiger partial charge on any atom is 0.150 e. The quantitative estimate of drug-likeness (QED) is 0.862. The minimum atomic E-state index is -2.89. The van der Waals surface area contributed by atoms with Gasteiger partial charge in [0.05, 0.1) is 10.9 Å². The van der Waals surface area contributed by atoms with Gasteiger partial charge in [-0.1, -0.05) is 6.42 Å². The minimum absolute atomic E-state index is 0.0547. The Morgan fingerprint density at radius 2 is 1.89 bits per heavy atom. The standard InChI is InChI=1S/C14H27NO3S/c1-14(2)10-12(7-8-18-14)15-11-5-4-6-13(9-11)19(3,16)17/h11-13,15H,4-10H2,1-3H3. The highest BCUT2D eigenvalue weighted by Crippen LogP contribution is 2.28. The zero-order chi connectivity index (χ0) is 14.1. The topological polar surface area (TPSA) is 55.4 Å². The van der Waals surface area contributed by atoms with Crippen molar-refractivity contribution in [1.29, 1.82) is 0 Å². The van der Waals surface area contributed by atoms with Crippen molar-refractivity contribution in [1.82, 2.24) is 5.32 Å². The molecule has 1 aliphatic carbocycles. The number of sulfone groups is 1. The first-order chi connectivity index (χ1) is 8.76. The molecule has 1 saturated carbocycles. The Bertz CT molecular complexity index is 405. The summed E-state index contributed by atoms with van der Waals surface area (Å²) >= 11 is 0. The van der Waals surface area contributed by atoms with E-state index in [0.717, 1.165) is 45.1 Å². The molecule has 0 spiro atoms. The summed E-state index contributed by atoms with van der Waals surface area (Å²) in [5.41, 5.74) is -0.0547. The van der Waals surface area contributed by atoms with Crippen molar-refractivity contribution in [3.63, 3.8) is 0 Å². The Labute approximate surface area is 117 Å². The predicted octanol–water partition coefficient (Wildman–Crippen LogP) is 1.89. The molecule has 1 heterocycles. The van der Waals surface area contributed by atoms with Gasteiger partial charge in [-0.05, 0) is 46.0 Å². The highest BCUT2D eigenvalue weighted by Gasteiger charge is 2.33. The van der Waals surface area contributed by atoms with Crippen LogP contribution in [0.2, 0.25) is 0 Å². The molecule has 5 heteroatoms. The molecule has 0 bridgehead atoms. The molecule has 1 aliphatic heterocycles. The average Bonchev–Trinajstić information content (AvgIpc) is 2.26. The molecule has 1 saturated heterocycles. The summed E-state index contributed by atoms with van der Waals surface area (Å²) in [6.07, 6.45) is 7.13. The molecule has 0 aromatic heterocycles. The Balaban J connectivity index is 1.89. The van der Waals surface area contributed by atoms with Crippen LogP contribution in [0.4, 0.5) is 0 Å². The van der Waals surface area contributed by atoms with E-state index < -0.39 is 9.84 Å². The van der Waals surface area contributed by atoms with E-state index in [1.54, 1.807) is 0 Å². The Morgan fingerprint density at radius 3 is 2.53 bits per heavy atom. The first-order valence-electron chi connectivity index (χ1n) is 7.35. The lowest BCUT2D eigenvalue weighted by atomic mass is 9.90. The van der Waals surface area contributed by atoms with Gasteiger partial charge in [-0.25, -0.2) is 8.42 Å². The second kappa shape index (κ2) is 5.70. The molecule has 3 unspecified atom stereocenters. The van der Waals surface area contributed by atoms with E-state index >= 15 is 0 Å². The number of hydrogen-bond acceptors (Lipinski definition) is 4. The minimum Gasteiger partial charge on any atom is -0.375 e. The summed E-state index contributed by atoms with van der Waals surface area (Å²) in [6, 6.07) is 0.819. The molecule has 2 fully saturated rings. The van der Waals surface area contributed by atoms with Crippen LogP contribution in [-0.4, -0.2) is 44.2 Å². The lowest BCUT2D eigenvalue weighted by molar-refractivity contribution is -0.0645. The van der Waals surface area contributed by atoms with Crippen molar-refractivity contribution in [2.24, 2.45) is 0 Å². The van der Waals surface area contributed by atoms with Crippen LogP contribution in [0.15, 0.2) is 0 Å². The summed E-state index contributed by atoms with van der Waals surface area (Å²) < 4.78 is 29.1. The molecule has 19 heavy (non-hydrogen) atoms. The van der Waals surface area contributed by atoms with Crippen molar-refractivity contribution >= 4 is 9.84 Å². The average molecular weight is 289 g/mol. The molecule has 112 valence electrons. The largest absolute Gasteiger partial charge is 0.375 e. The van der Waals surface area contributed by atoms with Crippen LogP contribution < -0.4 is 5.32 Å². The molecule has 3 atom stereocenters. The van der Waals surface area contributed by atoms with Gasteiger partial charge in [0, 0.05) is 24.9 Å². The van der Waals surface area contributed by atoms with Crippen molar-refractivity contribution in [3.8, 4) is 0 Å². The third kappa shape index (κ3) is 4.43. The van der Waals surface area contributed by atoms with E-state index in [4.69, 9.17) is 4.74 Å². The van der Waals surface area contributed by atoms with Crippen molar-refractivity contribution in [2.45, 2.75) is 75.3 Å². The lowest BCUT2D eigenvalue weighted by Gasteiger charge is -2.39. The highest BCUT2D eigenvalue weighted by atomic mass is 32.2. The van der Waals surface area contributed by atoms with Gasteiger partial charge in [-0.15, -0.1) is 0 Å². The van der Waals surface area contributed by atoms with Gasteiger partial charge in [-0.3, -0.25) is 0 Å². The van der Waals surface area contributed by atoms with Crippen LogP contribution in [0.1, 0.15) is 52.4 Å². The number of hydrogen-bond donors (Lipinski definition) is 1. The van der Waals surface area contributed by atoms with Gasteiger partial charge in [0.25, 0.3) is 0 Å². The van der Waals surface area contributed by atoms with E-state index in [-0.39, 0.29) is 10.9 Å². The molecule has 0 amide bonds. The van der Waals surface area contributed by atoms with Crippen LogP contribution in [-0.2, 0) is 14.6 Å². The van der Waals surface area contributed by atoms with Gasteiger partial charge in [-0.2, -0.15) is 0 Å². The molecule has 2 rings (SSSR count). The van der Waals surface area contributed by atoms with Crippen LogP contribution in [0, 0.1) is 0 Å². The zero-order valence-corrected chi connectivity index (χ0v) is 13.1. The van der Waals surface area contributed by atoms with Crippen molar-refractivity contribution in [3.05, 3.63) is 0 Å². The second-order valence-corrected chi connectivity index (χ2v) is 9.11. The zero-order valence-electron chi connectivity index (χ0n) is 12.3. The maximum atomic E-state index is 11.7. The van der Waals surface area contributed by atoms with E-state index in [2.05, 4.69) is 19.2 Å². The normalized spacial score (nSPS) is 36.1. The van der Waals surface area contributed by atoms with Gasteiger partial charge in [0.15, 0.2) is 0 Å². The van der Waals surface area contributed by atoms with Crippen LogP contribution >= 0.6 is 0 Å². The molecular formula is C14H27NO3S. The van der Waals surface area contributed by atoms with E-state index in [9.17, 15) is 8.42 Å². The second-order valence-electron chi connectivity index (χ2n) is 6.78. The third-order valence-corrected chi connectivity index (χ3v) is 6.04. The monoisotopic (exact) mass is 289 g/mol. The van der Waals surface area contributed by atoms with Crippen LogP contribution in [0.3, 0.4) is 0 Å². The Morgan fingerprint density at radius 1 is 1.16 bits per heavy atom. The number of ether oxygens (including phenoxy) is 1. The van der Waals surface area contributed by atoms with E-state index in [0.29, 0.717) is 12.1 Å². The van der Waals surface area contributed by atoms with Gasteiger partial charge in [0.1, 0.15) is 9.84 Å².